The largest absolute Gasteiger partial charge is 0.375 e. The molecule has 3 rings (SSSR count). The number of fused-ring (bicyclic) bond motifs is 1. The van der Waals surface area contributed by atoms with Gasteiger partial charge in [-0.05, 0) is 32.7 Å². The summed E-state index contributed by atoms with van der Waals surface area (Å²) in [4.78, 5) is 14.0. The number of thiazole rings is 2. The van der Waals surface area contributed by atoms with Gasteiger partial charge in [-0.3, -0.25) is 4.90 Å². The summed E-state index contributed by atoms with van der Waals surface area (Å²) in [5.41, 5.74) is 7.04. The van der Waals surface area contributed by atoms with Gasteiger partial charge in [-0.15, -0.1) is 22.7 Å². The monoisotopic (exact) mass is 308 g/mol. The number of nitrogens with two attached hydrogens (primary N) is 1. The van der Waals surface area contributed by atoms with Gasteiger partial charge >= 0.3 is 0 Å². The van der Waals surface area contributed by atoms with Crippen LogP contribution >= 0.6 is 22.7 Å². The highest BCUT2D eigenvalue weighted by molar-refractivity contribution is 7.15. The molecule has 20 heavy (non-hydrogen) atoms. The molecule has 1 atom stereocenters. The van der Waals surface area contributed by atoms with Crippen molar-refractivity contribution in [3.63, 3.8) is 0 Å². The first-order chi connectivity index (χ1) is 9.67. The Labute approximate surface area is 127 Å². The molecule has 108 valence electrons. The Morgan fingerprint density at radius 3 is 3.00 bits per heavy atom. The number of anilines is 1. The zero-order valence-electron chi connectivity index (χ0n) is 11.9. The number of nitrogen functional groups attached to an aromatic ring is 1. The quantitative estimate of drug-likeness (QED) is 0.942. The molecule has 6 heteroatoms. The van der Waals surface area contributed by atoms with Crippen molar-refractivity contribution in [3.8, 4) is 0 Å². The van der Waals surface area contributed by atoms with Crippen LogP contribution in [0.5, 0.6) is 0 Å². The Hall–Kier alpha value is -0.980. The second-order valence-electron chi connectivity index (χ2n) is 5.26. The summed E-state index contributed by atoms with van der Waals surface area (Å²) < 4.78 is 0. The Bertz CT molecular complexity index is 590. The van der Waals surface area contributed by atoms with Gasteiger partial charge in [0.1, 0.15) is 0 Å². The van der Waals surface area contributed by atoms with E-state index in [0.717, 1.165) is 19.4 Å². The van der Waals surface area contributed by atoms with Gasteiger partial charge in [0.05, 0.1) is 10.7 Å². The summed E-state index contributed by atoms with van der Waals surface area (Å²) in [5, 5.41) is 1.93. The third kappa shape index (κ3) is 2.73. The van der Waals surface area contributed by atoms with Crippen molar-refractivity contribution in [2.24, 2.45) is 0 Å². The lowest BCUT2D eigenvalue weighted by atomic mass is 9.97. The molecule has 0 spiro atoms. The van der Waals surface area contributed by atoms with Crippen LogP contribution in [-0.4, -0.2) is 21.9 Å². The standard InChI is InChI=1S/C14H20N4S2/c1-3-12-17-10-5-4-6-11(13(10)20-12)18(2)8-9-7-16-14(15)19-9/h7,11H,3-6,8H2,1-2H3,(H2,15,16). The average molecular weight is 308 g/mol. The van der Waals surface area contributed by atoms with Crippen LogP contribution in [0.25, 0.3) is 0 Å². The summed E-state index contributed by atoms with van der Waals surface area (Å²) in [6.07, 6.45) is 6.54. The van der Waals surface area contributed by atoms with Gasteiger partial charge in [-0.2, -0.15) is 0 Å². The first kappa shape index (κ1) is 14.0. The van der Waals surface area contributed by atoms with Crippen LogP contribution < -0.4 is 5.73 Å². The van der Waals surface area contributed by atoms with Crippen LogP contribution in [0.4, 0.5) is 5.13 Å². The maximum atomic E-state index is 5.71. The predicted molar refractivity (Wildman–Crippen MR) is 85.2 cm³/mol. The lowest BCUT2D eigenvalue weighted by Gasteiger charge is -2.30. The SMILES string of the molecule is CCc1nc2c(s1)C(N(C)Cc1cnc(N)s1)CCC2. The molecule has 0 bridgehead atoms. The van der Waals surface area contributed by atoms with Gasteiger partial charge < -0.3 is 5.73 Å². The van der Waals surface area contributed by atoms with Gasteiger partial charge in [0.25, 0.3) is 0 Å². The molecule has 0 fully saturated rings. The van der Waals surface area contributed by atoms with Gasteiger partial charge in [0, 0.05) is 28.5 Å². The van der Waals surface area contributed by atoms with E-state index in [2.05, 4.69) is 23.9 Å². The van der Waals surface area contributed by atoms with Crippen LogP contribution in [0.15, 0.2) is 6.20 Å². The fourth-order valence-corrected chi connectivity index (χ4v) is 4.77. The smallest absolute Gasteiger partial charge is 0.180 e. The maximum Gasteiger partial charge on any atom is 0.180 e. The van der Waals surface area contributed by atoms with Crippen molar-refractivity contribution in [1.82, 2.24) is 14.9 Å². The Balaban J connectivity index is 1.79. The summed E-state index contributed by atoms with van der Waals surface area (Å²) >= 11 is 3.48. The molecular formula is C14H20N4S2. The third-order valence-corrected chi connectivity index (χ3v) is 5.93. The molecule has 4 nitrogen and oxygen atoms in total. The molecule has 0 saturated carbocycles. The van der Waals surface area contributed by atoms with E-state index in [4.69, 9.17) is 10.7 Å². The molecule has 2 N–H and O–H groups in total. The molecule has 1 aliphatic rings. The van der Waals surface area contributed by atoms with Crippen LogP contribution in [0.1, 0.15) is 46.3 Å². The fraction of sp³-hybridized carbons (Fsp3) is 0.571. The Kier molecular flexibility index (Phi) is 4.05. The van der Waals surface area contributed by atoms with Gasteiger partial charge in [-0.25, -0.2) is 9.97 Å². The van der Waals surface area contributed by atoms with Crippen LogP contribution in [0.3, 0.4) is 0 Å². The summed E-state index contributed by atoms with van der Waals surface area (Å²) in [7, 11) is 2.20. The molecule has 1 aliphatic carbocycles. The lowest BCUT2D eigenvalue weighted by molar-refractivity contribution is 0.218. The molecule has 2 aromatic rings. The van der Waals surface area contributed by atoms with Crippen molar-refractivity contribution in [3.05, 3.63) is 26.7 Å². The Morgan fingerprint density at radius 2 is 2.30 bits per heavy atom. The van der Waals surface area contributed by atoms with Crippen molar-refractivity contribution in [1.29, 1.82) is 0 Å². The van der Waals surface area contributed by atoms with Gasteiger partial charge in [0.2, 0.25) is 0 Å². The second kappa shape index (κ2) is 5.79. The minimum absolute atomic E-state index is 0.500. The predicted octanol–water partition coefficient (Wildman–Crippen LogP) is 3.25. The minimum Gasteiger partial charge on any atom is -0.375 e. The number of rotatable bonds is 4. The third-order valence-electron chi connectivity index (χ3n) is 3.78. The van der Waals surface area contributed by atoms with Crippen molar-refractivity contribution < 1.29 is 0 Å². The summed E-state index contributed by atoms with van der Waals surface area (Å²) in [5.74, 6) is 0. The van der Waals surface area contributed by atoms with Crippen LogP contribution in [0.2, 0.25) is 0 Å². The molecule has 0 aliphatic heterocycles. The van der Waals surface area contributed by atoms with E-state index in [0.29, 0.717) is 11.2 Å². The van der Waals surface area contributed by atoms with E-state index >= 15 is 0 Å². The summed E-state index contributed by atoms with van der Waals surface area (Å²) in [6.45, 7) is 3.10. The van der Waals surface area contributed by atoms with Gasteiger partial charge in [0.15, 0.2) is 5.13 Å². The van der Waals surface area contributed by atoms with Crippen molar-refractivity contribution in [2.45, 2.75) is 45.2 Å². The van der Waals surface area contributed by atoms with Crippen molar-refractivity contribution >= 4 is 27.8 Å². The number of hydrogen-bond donors (Lipinski definition) is 1. The highest BCUT2D eigenvalue weighted by Crippen LogP contribution is 2.38. The minimum atomic E-state index is 0.500. The molecule has 0 amide bonds. The number of aromatic nitrogens is 2. The second-order valence-corrected chi connectivity index (χ2v) is 7.52. The average Bonchev–Trinajstić information content (AvgIpc) is 3.03. The van der Waals surface area contributed by atoms with E-state index in [1.807, 2.05) is 17.5 Å². The fourth-order valence-electron chi connectivity index (χ4n) is 2.77. The topological polar surface area (TPSA) is 55.0 Å². The number of hydrogen-bond acceptors (Lipinski definition) is 6. The normalized spacial score (nSPS) is 18.4. The molecule has 0 radical (unpaired) electrons. The molecule has 0 aromatic carbocycles. The van der Waals surface area contributed by atoms with E-state index in [-0.39, 0.29) is 0 Å². The van der Waals surface area contributed by atoms with Crippen molar-refractivity contribution in [2.75, 3.05) is 12.8 Å². The first-order valence-corrected chi connectivity index (χ1v) is 8.69. The molecule has 2 heterocycles. The van der Waals surface area contributed by atoms with Crippen LogP contribution in [-0.2, 0) is 19.4 Å². The number of aryl methyl sites for hydroxylation is 2. The lowest BCUT2D eigenvalue weighted by Crippen LogP contribution is -2.26. The summed E-state index contributed by atoms with van der Waals surface area (Å²) in [6, 6.07) is 0.500. The zero-order valence-corrected chi connectivity index (χ0v) is 13.6. The Morgan fingerprint density at radius 1 is 1.45 bits per heavy atom. The van der Waals surface area contributed by atoms with E-state index in [1.165, 1.54) is 33.3 Å². The molecule has 0 saturated heterocycles. The van der Waals surface area contributed by atoms with Gasteiger partial charge in [-0.1, -0.05) is 6.92 Å². The highest BCUT2D eigenvalue weighted by Gasteiger charge is 2.27. The molecule has 2 aromatic heterocycles. The van der Waals surface area contributed by atoms with E-state index in [9.17, 15) is 0 Å². The molecule has 1 unspecified atom stereocenters. The highest BCUT2D eigenvalue weighted by atomic mass is 32.1. The van der Waals surface area contributed by atoms with E-state index < -0.39 is 0 Å². The zero-order chi connectivity index (χ0) is 14.1. The first-order valence-electron chi connectivity index (χ1n) is 7.06. The van der Waals surface area contributed by atoms with E-state index in [1.54, 1.807) is 11.3 Å². The van der Waals surface area contributed by atoms with Crippen LogP contribution in [0, 0.1) is 0 Å². The number of nitrogens with zero attached hydrogens (tertiary/aromatic N) is 3. The molecular weight excluding hydrogens is 288 g/mol. The maximum absolute atomic E-state index is 5.71.